The molecule has 1 atom stereocenters. The summed E-state index contributed by atoms with van der Waals surface area (Å²) in [5.41, 5.74) is 0.120. The summed E-state index contributed by atoms with van der Waals surface area (Å²) in [5, 5.41) is 20.0. The van der Waals surface area contributed by atoms with Gasteiger partial charge in [-0.2, -0.15) is 0 Å². The summed E-state index contributed by atoms with van der Waals surface area (Å²) in [5.74, 6) is -1.29. The molecule has 21 heavy (non-hydrogen) atoms. The van der Waals surface area contributed by atoms with E-state index < -0.39 is 21.7 Å². The van der Waals surface area contributed by atoms with E-state index in [-0.39, 0.29) is 21.9 Å². The van der Waals surface area contributed by atoms with E-state index in [1.165, 1.54) is 36.4 Å². The molecule has 0 aromatic heterocycles. The molecule has 2 rings (SSSR count). The standard InChI is InChI=1S/C14H11NO5S/c16-14(17)11-6-2-4-8-13(11)21(20)9-10-5-1-3-7-12(10)15(18)19/h1-8H,9H2,(H,16,17). The van der Waals surface area contributed by atoms with Gasteiger partial charge in [-0.25, -0.2) is 4.79 Å². The summed E-state index contributed by atoms with van der Waals surface area (Å²) in [4.78, 5) is 21.6. The van der Waals surface area contributed by atoms with Crippen LogP contribution in [0.2, 0.25) is 0 Å². The van der Waals surface area contributed by atoms with Gasteiger partial charge in [0, 0.05) is 11.6 Å². The van der Waals surface area contributed by atoms with Gasteiger partial charge >= 0.3 is 5.97 Å². The van der Waals surface area contributed by atoms with Crippen LogP contribution in [0.15, 0.2) is 53.4 Å². The zero-order valence-electron chi connectivity index (χ0n) is 10.8. The molecule has 0 radical (unpaired) electrons. The minimum atomic E-state index is -1.68. The topological polar surface area (TPSA) is 97.5 Å². The van der Waals surface area contributed by atoms with Crippen LogP contribution in [0, 0.1) is 10.1 Å². The van der Waals surface area contributed by atoms with Crippen LogP contribution in [-0.2, 0) is 16.6 Å². The maximum absolute atomic E-state index is 12.3. The normalized spacial score (nSPS) is 11.8. The van der Waals surface area contributed by atoms with Gasteiger partial charge < -0.3 is 5.11 Å². The largest absolute Gasteiger partial charge is 0.478 e. The molecule has 2 aromatic rings. The fourth-order valence-electron chi connectivity index (χ4n) is 1.87. The highest BCUT2D eigenvalue weighted by atomic mass is 32.2. The smallest absolute Gasteiger partial charge is 0.336 e. The van der Waals surface area contributed by atoms with Crippen molar-refractivity contribution in [3.8, 4) is 0 Å². The summed E-state index contributed by atoms with van der Waals surface area (Å²) < 4.78 is 12.3. The number of benzene rings is 2. The molecule has 1 unspecified atom stereocenters. The summed E-state index contributed by atoms with van der Waals surface area (Å²) in [7, 11) is -1.68. The lowest BCUT2D eigenvalue weighted by Gasteiger charge is -2.06. The number of nitro groups is 1. The maximum atomic E-state index is 12.3. The highest BCUT2D eigenvalue weighted by molar-refractivity contribution is 7.84. The third-order valence-electron chi connectivity index (χ3n) is 2.84. The van der Waals surface area contributed by atoms with Crippen LogP contribution >= 0.6 is 0 Å². The first-order valence-corrected chi connectivity index (χ1v) is 7.25. The molecule has 0 aliphatic rings. The molecule has 0 spiro atoms. The van der Waals surface area contributed by atoms with E-state index in [9.17, 15) is 19.1 Å². The fourth-order valence-corrected chi connectivity index (χ4v) is 3.18. The van der Waals surface area contributed by atoms with Gasteiger partial charge in [0.05, 0.1) is 31.9 Å². The van der Waals surface area contributed by atoms with Gasteiger partial charge in [-0.05, 0) is 12.1 Å². The van der Waals surface area contributed by atoms with E-state index in [0.717, 1.165) is 0 Å². The van der Waals surface area contributed by atoms with Gasteiger partial charge in [-0.3, -0.25) is 14.3 Å². The number of nitro benzene ring substituents is 1. The molecule has 0 saturated carbocycles. The zero-order chi connectivity index (χ0) is 15.4. The molecule has 0 bridgehead atoms. The number of hydrogen-bond acceptors (Lipinski definition) is 4. The Balaban J connectivity index is 2.36. The number of carbonyl (C=O) groups is 1. The molecule has 2 aromatic carbocycles. The Kier molecular flexibility index (Phi) is 4.44. The lowest BCUT2D eigenvalue weighted by molar-refractivity contribution is -0.385. The van der Waals surface area contributed by atoms with Crippen LogP contribution in [0.1, 0.15) is 15.9 Å². The average molecular weight is 305 g/mol. The zero-order valence-corrected chi connectivity index (χ0v) is 11.6. The molecule has 0 saturated heterocycles. The Morgan fingerprint density at radius 3 is 2.43 bits per heavy atom. The SMILES string of the molecule is O=C(O)c1ccccc1S(=O)Cc1ccccc1[N+](=O)[O-]. The first-order valence-electron chi connectivity index (χ1n) is 5.93. The Labute approximate surface area is 122 Å². The second-order valence-corrected chi connectivity index (χ2v) is 5.60. The third kappa shape index (κ3) is 3.32. The Morgan fingerprint density at radius 2 is 1.76 bits per heavy atom. The summed E-state index contributed by atoms with van der Waals surface area (Å²) in [6.07, 6.45) is 0. The van der Waals surface area contributed by atoms with Gasteiger partial charge in [-0.1, -0.05) is 30.3 Å². The van der Waals surface area contributed by atoms with Crippen molar-refractivity contribution in [1.82, 2.24) is 0 Å². The van der Waals surface area contributed by atoms with Crippen LogP contribution in [0.3, 0.4) is 0 Å². The molecule has 6 nitrogen and oxygen atoms in total. The van der Waals surface area contributed by atoms with E-state index in [2.05, 4.69) is 0 Å². The highest BCUT2D eigenvalue weighted by Gasteiger charge is 2.19. The maximum Gasteiger partial charge on any atom is 0.336 e. The van der Waals surface area contributed by atoms with Gasteiger partial charge in [0.15, 0.2) is 0 Å². The average Bonchev–Trinajstić information content (AvgIpc) is 2.47. The van der Waals surface area contributed by atoms with Crippen LogP contribution < -0.4 is 0 Å². The second kappa shape index (κ2) is 6.27. The first kappa shape index (κ1) is 14.9. The van der Waals surface area contributed by atoms with Crippen LogP contribution in [0.4, 0.5) is 5.69 Å². The number of rotatable bonds is 5. The lowest BCUT2D eigenvalue weighted by atomic mass is 10.2. The second-order valence-electron chi connectivity index (χ2n) is 4.18. The molecular weight excluding hydrogens is 294 g/mol. The van der Waals surface area contributed by atoms with E-state index in [1.54, 1.807) is 12.1 Å². The Morgan fingerprint density at radius 1 is 1.14 bits per heavy atom. The molecule has 1 N–H and O–H groups in total. The third-order valence-corrected chi connectivity index (χ3v) is 4.26. The Bertz CT molecular complexity index is 729. The minimum absolute atomic E-state index is 0.0607. The van der Waals surface area contributed by atoms with Gasteiger partial charge in [-0.15, -0.1) is 0 Å². The van der Waals surface area contributed by atoms with Crippen molar-refractivity contribution in [1.29, 1.82) is 0 Å². The molecule has 0 amide bonds. The molecule has 0 fully saturated rings. The fraction of sp³-hybridized carbons (Fsp3) is 0.0714. The number of aromatic carboxylic acids is 1. The number of carboxylic acid groups (broad SMARTS) is 1. The van der Waals surface area contributed by atoms with Gasteiger partial charge in [0.2, 0.25) is 0 Å². The monoisotopic (exact) mass is 305 g/mol. The quantitative estimate of drug-likeness (QED) is 0.676. The number of para-hydroxylation sites is 1. The van der Waals surface area contributed by atoms with E-state index in [4.69, 9.17) is 5.11 Å². The molecular formula is C14H11NO5S. The van der Waals surface area contributed by atoms with Crippen molar-refractivity contribution in [2.24, 2.45) is 0 Å². The Hall–Kier alpha value is -2.54. The summed E-state index contributed by atoms with van der Waals surface area (Å²) >= 11 is 0. The van der Waals surface area contributed by atoms with Crippen LogP contribution in [-0.4, -0.2) is 20.2 Å². The first-order chi connectivity index (χ1) is 10.0. The minimum Gasteiger partial charge on any atom is -0.478 e. The number of nitrogens with zero attached hydrogens (tertiary/aromatic N) is 1. The molecule has 7 heteroatoms. The predicted molar refractivity (Wildman–Crippen MR) is 76.6 cm³/mol. The van der Waals surface area contributed by atoms with Crippen molar-refractivity contribution in [3.05, 3.63) is 69.8 Å². The van der Waals surface area contributed by atoms with E-state index in [1.807, 2.05) is 0 Å². The van der Waals surface area contributed by atoms with Crippen molar-refractivity contribution >= 4 is 22.5 Å². The molecule has 0 aliphatic carbocycles. The summed E-state index contributed by atoms with van der Waals surface area (Å²) in [6.45, 7) is 0. The van der Waals surface area contributed by atoms with E-state index in [0.29, 0.717) is 5.56 Å². The number of hydrogen-bond donors (Lipinski definition) is 1. The van der Waals surface area contributed by atoms with Gasteiger partial charge in [0.25, 0.3) is 5.69 Å². The molecule has 0 heterocycles. The van der Waals surface area contributed by atoms with Crippen molar-refractivity contribution in [2.45, 2.75) is 10.6 Å². The molecule has 108 valence electrons. The highest BCUT2D eigenvalue weighted by Crippen LogP contribution is 2.23. The van der Waals surface area contributed by atoms with Gasteiger partial charge in [0.1, 0.15) is 0 Å². The van der Waals surface area contributed by atoms with Crippen LogP contribution in [0.25, 0.3) is 0 Å². The lowest BCUT2D eigenvalue weighted by Crippen LogP contribution is -2.06. The van der Waals surface area contributed by atoms with E-state index >= 15 is 0 Å². The number of carboxylic acids is 1. The predicted octanol–water partition coefficient (Wildman–Crippen LogP) is 2.60. The summed E-state index contributed by atoms with van der Waals surface area (Å²) in [6, 6.07) is 11.9. The van der Waals surface area contributed by atoms with Crippen molar-refractivity contribution in [2.75, 3.05) is 0 Å². The van der Waals surface area contributed by atoms with Crippen molar-refractivity contribution < 1.29 is 19.0 Å². The van der Waals surface area contributed by atoms with Crippen LogP contribution in [0.5, 0.6) is 0 Å². The molecule has 0 aliphatic heterocycles. The van der Waals surface area contributed by atoms with Crippen molar-refractivity contribution in [3.63, 3.8) is 0 Å².